The molecule has 2 nitrogen and oxygen atoms in total. The van der Waals surface area contributed by atoms with Crippen LogP contribution in [0.25, 0.3) is 0 Å². The number of aliphatic hydroxyl groups is 2. The van der Waals surface area contributed by atoms with Crippen molar-refractivity contribution < 1.29 is 10.2 Å². The van der Waals surface area contributed by atoms with E-state index in [-0.39, 0.29) is 0 Å². The lowest BCUT2D eigenvalue weighted by Gasteiger charge is -2.31. The summed E-state index contributed by atoms with van der Waals surface area (Å²) in [7, 11) is 0. The lowest BCUT2D eigenvalue weighted by molar-refractivity contribution is -0.0583. The van der Waals surface area contributed by atoms with E-state index in [0.29, 0.717) is 12.8 Å². The van der Waals surface area contributed by atoms with Crippen molar-refractivity contribution in [3.8, 4) is 12.3 Å². The topological polar surface area (TPSA) is 40.5 Å². The van der Waals surface area contributed by atoms with E-state index in [0.717, 1.165) is 12.8 Å². The standard InChI is InChI=1S/C8H12O2/c1-2-8(10)6-4-3-5-7(8)9/h1,7,9-10H,3-6H2/t7-,8+/m1/s1. The van der Waals surface area contributed by atoms with Gasteiger partial charge in [-0.1, -0.05) is 12.3 Å². The summed E-state index contributed by atoms with van der Waals surface area (Å²) in [5, 5.41) is 18.7. The van der Waals surface area contributed by atoms with Gasteiger partial charge in [0.25, 0.3) is 0 Å². The molecule has 2 heteroatoms. The Kier molecular flexibility index (Phi) is 1.98. The molecule has 56 valence electrons. The average Bonchev–Trinajstić information content (AvgIpc) is 1.96. The first-order chi connectivity index (χ1) is 4.69. The van der Waals surface area contributed by atoms with Crippen molar-refractivity contribution in [1.29, 1.82) is 0 Å². The monoisotopic (exact) mass is 140 g/mol. The van der Waals surface area contributed by atoms with Gasteiger partial charge in [0.05, 0.1) is 6.10 Å². The van der Waals surface area contributed by atoms with Gasteiger partial charge in [-0.3, -0.25) is 0 Å². The molecule has 0 bridgehead atoms. The predicted octanol–water partition coefficient (Wildman–Crippen LogP) is 0.286. The maximum Gasteiger partial charge on any atom is 0.150 e. The third-order valence-corrected chi connectivity index (χ3v) is 2.09. The van der Waals surface area contributed by atoms with Crippen LogP contribution < -0.4 is 0 Å². The minimum Gasteiger partial charge on any atom is -0.389 e. The fourth-order valence-corrected chi connectivity index (χ4v) is 1.31. The Balaban J connectivity index is 2.65. The van der Waals surface area contributed by atoms with Crippen LogP contribution in [-0.2, 0) is 0 Å². The molecule has 1 fully saturated rings. The van der Waals surface area contributed by atoms with Crippen LogP contribution in [0.2, 0.25) is 0 Å². The summed E-state index contributed by atoms with van der Waals surface area (Å²) in [6.45, 7) is 0. The molecule has 0 aliphatic heterocycles. The summed E-state index contributed by atoms with van der Waals surface area (Å²) in [6, 6.07) is 0. The van der Waals surface area contributed by atoms with E-state index >= 15 is 0 Å². The van der Waals surface area contributed by atoms with Crippen molar-refractivity contribution in [2.45, 2.75) is 37.4 Å². The molecule has 10 heavy (non-hydrogen) atoms. The van der Waals surface area contributed by atoms with E-state index in [9.17, 15) is 10.2 Å². The fraction of sp³-hybridized carbons (Fsp3) is 0.750. The molecule has 1 aliphatic rings. The Labute approximate surface area is 60.9 Å². The van der Waals surface area contributed by atoms with Gasteiger partial charge in [0, 0.05) is 0 Å². The van der Waals surface area contributed by atoms with Gasteiger partial charge in [0.15, 0.2) is 5.60 Å². The lowest BCUT2D eigenvalue weighted by atomic mass is 9.83. The SMILES string of the molecule is C#C[C@]1(O)CCCC[C@H]1O. The highest BCUT2D eigenvalue weighted by Crippen LogP contribution is 2.27. The zero-order chi connectivity index (χ0) is 7.61. The van der Waals surface area contributed by atoms with Crippen LogP contribution in [0.15, 0.2) is 0 Å². The van der Waals surface area contributed by atoms with Gasteiger partial charge in [-0.2, -0.15) is 0 Å². The molecule has 1 rings (SSSR count). The molecule has 1 aliphatic carbocycles. The van der Waals surface area contributed by atoms with Gasteiger partial charge in [-0.15, -0.1) is 6.42 Å². The Morgan fingerprint density at radius 3 is 2.60 bits per heavy atom. The van der Waals surface area contributed by atoms with Crippen LogP contribution in [0.3, 0.4) is 0 Å². The van der Waals surface area contributed by atoms with E-state index in [1.54, 1.807) is 0 Å². The van der Waals surface area contributed by atoms with Crippen LogP contribution in [0.4, 0.5) is 0 Å². The summed E-state index contributed by atoms with van der Waals surface area (Å²) in [5.74, 6) is 2.24. The molecule has 0 radical (unpaired) electrons. The molecular weight excluding hydrogens is 128 g/mol. The summed E-state index contributed by atoms with van der Waals surface area (Å²) in [5.41, 5.74) is -1.24. The molecule has 0 unspecified atom stereocenters. The quantitative estimate of drug-likeness (QED) is 0.475. The molecule has 0 spiro atoms. The van der Waals surface area contributed by atoms with Gasteiger partial charge in [-0.05, 0) is 19.3 Å². The first-order valence-electron chi connectivity index (χ1n) is 3.57. The number of rotatable bonds is 0. The van der Waals surface area contributed by atoms with Crippen molar-refractivity contribution in [2.24, 2.45) is 0 Å². The maximum absolute atomic E-state index is 9.46. The number of aliphatic hydroxyl groups excluding tert-OH is 1. The first-order valence-corrected chi connectivity index (χ1v) is 3.57. The molecule has 0 saturated heterocycles. The Morgan fingerprint density at radius 1 is 1.50 bits per heavy atom. The third kappa shape index (κ3) is 1.16. The van der Waals surface area contributed by atoms with Gasteiger partial charge in [0.2, 0.25) is 0 Å². The summed E-state index contributed by atoms with van der Waals surface area (Å²) in [6.07, 6.45) is 7.39. The van der Waals surface area contributed by atoms with Crippen molar-refractivity contribution in [1.82, 2.24) is 0 Å². The van der Waals surface area contributed by atoms with Crippen LogP contribution in [0, 0.1) is 12.3 Å². The van der Waals surface area contributed by atoms with Crippen LogP contribution >= 0.6 is 0 Å². The van der Waals surface area contributed by atoms with Crippen molar-refractivity contribution >= 4 is 0 Å². The lowest BCUT2D eigenvalue weighted by Crippen LogP contribution is -2.43. The highest BCUT2D eigenvalue weighted by Gasteiger charge is 2.35. The Morgan fingerprint density at radius 2 is 2.20 bits per heavy atom. The second-order valence-electron chi connectivity index (χ2n) is 2.83. The maximum atomic E-state index is 9.46. The van der Waals surface area contributed by atoms with Crippen molar-refractivity contribution in [2.75, 3.05) is 0 Å². The van der Waals surface area contributed by atoms with E-state index in [1.807, 2.05) is 0 Å². The van der Waals surface area contributed by atoms with Gasteiger partial charge < -0.3 is 10.2 Å². The van der Waals surface area contributed by atoms with Crippen LogP contribution in [0.1, 0.15) is 25.7 Å². The zero-order valence-corrected chi connectivity index (χ0v) is 5.88. The summed E-state index contributed by atoms with van der Waals surface area (Å²) in [4.78, 5) is 0. The molecule has 0 aromatic heterocycles. The Hall–Kier alpha value is -0.520. The first kappa shape index (κ1) is 7.59. The van der Waals surface area contributed by atoms with E-state index < -0.39 is 11.7 Å². The number of hydrogen-bond acceptors (Lipinski definition) is 2. The fourth-order valence-electron chi connectivity index (χ4n) is 1.31. The van der Waals surface area contributed by atoms with Gasteiger partial charge in [0.1, 0.15) is 0 Å². The smallest absolute Gasteiger partial charge is 0.150 e. The molecule has 0 heterocycles. The summed E-state index contributed by atoms with van der Waals surface area (Å²) < 4.78 is 0. The molecule has 1 saturated carbocycles. The minimum absolute atomic E-state index is 0.532. The minimum atomic E-state index is -1.24. The highest BCUT2D eigenvalue weighted by atomic mass is 16.3. The van der Waals surface area contributed by atoms with Crippen LogP contribution in [0.5, 0.6) is 0 Å². The molecule has 0 aromatic carbocycles. The van der Waals surface area contributed by atoms with E-state index in [2.05, 4.69) is 5.92 Å². The molecule has 2 N–H and O–H groups in total. The van der Waals surface area contributed by atoms with Crippen molar-refractivity contribution in [3.05, 3.63) is 0 Å². The Bertz CT molecular complexity index is 159. The van der Waals surface area contributed by atoms with Gasteiger partial charge >= 0.3 is 0 Å². The molecular formula is C8H12O2. The zero-order valence-electron chi connectivity index (χ0n) is 5.88. The summed E-state index contributed by atoms with van der Waals surface area (Å²) >= 11 is 0. The second kappa shape index (κ2) is 2.61. The third-order valence-electron chi connectivity index (χ3n) is 2.09. The van der Waals surface area contributed by atoms with Crippen molar-refractivity contribution in [3.63, 3.8) is 0 Å². The second-order valence-corrected chi connectivity index (χ2v) is 2.83. The number of terminal acetylenes is 1. The number of hydrogen-bond donors (Lipinski definition) is 2. The predicted molar refractivity (Wildman–Crippen MR) is 38.3 cm³/mol. The van der Waals surface area contributed by atoms with Gasteiger partial charge in [-0.25, -0.2) is 0 Å². The van der Waals surface area contributed by atoms with Crippen LogP contribution in [-0.4, -0.2) is 21.9 Å². The van der Waals surface area contributed by atoms with E-state index in [1.165, 1.54) is 0 Å². The average molecular weight is 140 g/mol. The van der Waals surface area contributed by atoms with E-state index in [4.69, 9.17) is 6.42 Å². The largest absolute Gasteiger partial charge is 0.389 e. The normalized spacial score (nSPS) is 40.7. The molecule has 2 atom stereocenters. The highest BCUT2D eigenvalue weighted by molar-refractivity contribution is 5.12. The molecule has 0 aromatic rings. The molecule has 0 amide bonds.